The van der Waals surface area contributed by atoms with Gasteiger partial charge in [0.05, 0.1) is 37.6 Å². The number of para-hydroxylation sites is 1. The van der Waals surface area contributed by atoms with Crippen LogP contribution >= 0.6 is 15.9 Å². The van der Waals surface area contributed by atoms with Gasteiger partial charge in [-0.3, -0.25) is 4.79 Å². The number of nitrogens with one attached hydrogen (secondary N) is 1. The van der Waals surface area contributed by atoms with Crippen molar-refractivity contribution in [3.05, 3.63) is 52.0 Å². The number of methoxy groups -OCH3 is 3. The molecule has 0 spiro atoms. The first kappa shape index (κ1) is 17.8. The quantitative estimate of drug-likeness (QED) is 0.605. The van der Waals surface area contributed by atoms with E-state index in [-0.39, 0.29) is 5.91 Å². The van der Waals surface area contributed by atoms with Crippen molar-refractivity contribution in [2.24, 2.45) is 5.10 Å². The minimum Gasteiger partial charge on any atom is -0.496 e. The van der Waals surface area contributed by atoms with E-state index in [1.54, 1.807) is 50.6 Å². The number of ether oxygens (including phenoxy) is 3. The molecule has 0 bridgehead atoms. The second kappa shape index (κ2) is 8.35. The van der Waals surface area contributed by atoms with E-state index in [9.17, 15) is 4.79 Å². The summed E-state index contributed by atoms with van der Waals surface area (Å²) >= 11 is 3.40. The first-order valence-corrected chi connectivity index (χ1v) is 7.78. The highest BCUT2D eigenvalue weighted by molar-refractivity contribution is 9.10. The number of amides is 1. The topological polar surface area (TPSA) is 69.2 Å². The van der Waals surface area contributed by atoms with Gasteiger partial charge in [0.15, 0.2) is 11.5 Å². The van der Waals surface area contributed by atoms with Crippen LogP contribution in [0.2, 0.25) is 0 Å². The lowest BCUT2D eigenvalue weighted by Gasteiger charge is -2.10. The van der Waals surface area contributed by atoms with Crippen molar-refractivity contribution < 1.29 is 19.0 Å². The van der Waals surface area contributed by atoms with Crippen molar-refractivity contribution >= 4 is 28.1 Å². The second-order valence-corrected chi connectivity index (χ2v) is 5.49. The molecule has 0 fully saturated rings. The average Bonchev–Trinajstić information content (AvgIpc) is 2.60. The number of hydrogen-bond acceptors (Lipinski definition) is 5. The zero-order valence-electron chi connectivity index (χ0n) is 13.5. The molecule has 126 valence electrons. The Labute approximate surface area is 148 Å². The van der Waals surface area contributed by atoms with E-state index < -0.39 is 0 Å². The lowest BCUT2D eigenvalue weighted by atomic mass is 10.2. The molecule has 0 saturated heterocycles. The summed E-state index contributed by atoms with van der Waals surface area (Å²) < 4.78 is 16.4. The van der Waals surface area contributed by atoms with Gasteiger partial charge in [0.2, 0.25) is 0 Å². The maximum atomic E-state index is 12.1. The van der Waals surface area contributed by atoms with Crippen LogP contribution in [-0.4, -0.2) is 33.5 Å². The molecule has 0 aromatic heterocycles. The van der Waals surface area contributed by atoms with Crippen molar-refractivity contribution in [3.8, 4) is 17.2 Å². The Bertz CT molecular complexity index is 762. The Morgan fingerprint density at radius 1 is 1.08 bits per heavy atom. The molecule has 1 N–H and O–H groups in total. The molecule has 6 nitrogen and oxygen atoms in total. The van der Waals surface area contributed by atoms with Crippen LogP contribution < -0.4 is 19.6 Å². The molecule has 7 heteroatoms. The van der Waals surface area contributed by atoms with Gasteiger partial charge in [-0.15, -0.1) is 0 Å². The van der Waals surface area contributed by atoms with Crippen LogP contribution in [-0.2, 0) is 0 Å². The van der Waals surface area contributed by atoms with E-state index in [0.29, 0.717) is 22.8 Å². The van der Waals surface area contributed by atoms with E-state index in [1.165, 1.54) is 13.3 Å². The molecule has 0 heterocycles. The predicted molar refractivity (Wildman–Crippen MR) is 95.3 cm³/mol. The number of hydrazone groups is 1. The zero-order chi connectivity index (χ0) is 17.5. The molecule has 2 aromatic carbocycles. The summed E-state index contributed by atoms with van der Waals surface area (Å²) in [5.41, 5.74) is 3.61. The van der Waals surface area contributed by atoms with Gasteiger partial charge in [0, 0.05) is 0 Å². The van der Waals surface area contributed by atoms with Crippen LogP contribution in [0.4, 0.5) is 0 Å². The van der Waals surface area contributed by atoms with Gasteiger partial charge in [0.1, 0.15) is 5.75 Å². The largest absolute Gasteiger partial charge is 0.496 e. The van der Waals surface area contributed by atoms with E-state index in [0.717, 1.165) is 10.0 Å². The van der Waals surface area contributed by atoms with Crippen LogP contribution in [0.15, 0.2) is 46.0 Å². The summed E-state index contributed by atoms with van der Waals surface area (Å²) in [6.45, 7) is 0. The normalized spacial score (nSPS) is 10.5. The number of halogens is 1. The van der Waals surface area contributed by atoms with Crippen molar-refractivity contribution in [2.45, 2.75) is 0 Å². The fourth-order valence-corrected chi connectivity index (χ4v) is 2.69. The van der Waals surface area contributed by atoms with Crippen LogP contribution in [0.1, 0.15) is 15.9 Å². The number of benzene rings is 2. The Balaban J connectivity index is 2.14. The van der Waals surface area contributed by atoms with E-state index >= 15 is 0 Å². The summed E-state index contributed by atoms with van der Waals surface area (Å²) in [5.74, 6) is 1.28. The van der Waals surface area contributed by atoms with Gasteiger partial charge in [-0.25, -0.2) is 5.43 Å². The summed E-state index contributed by atoms with van der Waals surface area (Å²) in [7, 11) is 4.62. The van der Waals surface area contributed by atoms with Gasteiger partial charge in [0.25, 0.3) is 5.91 Å². The Kier molecular flexibility index (Phi) is 6.20. The van der Waals surface area contributed by atoms with Gasteiger partial charge in [-0.05, 0) is 45.8 Å². The van der Waals surface area contributed by atoms with Crippen molar-refractivity contribution in [1.82, 2.24) is 5.43 Å². The monoisotopic (exact) mass is 392 g/mol. The SMILES string of the molecule is COc1ccccc1C(=O)N/N=C\c1cc(Br)c(OC)c(OC)c1. The second-order valence-electron chi connectivity index (χ2n) is 4.64. The Hall–Kier alpha value is -2.54. The number of rotatable bonds is 6. The standard InChI is InChI=1S/C17H17BrN2O4/c1-22-14-7-5-4-6-12(14)17(21)20-19-10-11-8-13(18)16(24-3)15(9-11)23-2/h4-10H,1-3H3,(H,20,21)/b19-10-. The molecular weight excluding hydrogens is 376 g/mol. The molecule has 0 radical (unpaired) electrons. The lowest BCUT2D eigenvalue weighted by molar-refractivity contribution is 0.0952. The minimum absolute atomic E-state index is 0.358. The zero-order valence-corrected chi connectivity index (χ0v) is 15.1. The van der Waals surface area contributed by atoms with Crippen molar-refractivity contribution in [1.29, 1.82) is 0 Å². The van der Waals surface area contributed by atoms with E-state index in [1.807, 2.05) is 0 Å². The van der Waals surface area contributed by atoms with E-state index in [2.05, 4.69) is 26.5 Å². The summed E-state index contributed by atoms with van der Waals surface area (Å²) in [4.78, 5) is 12.1. The summed E-state index contributed by atoms with van der Waals surface area (Å²) in [6, 6.07) is 10.5. The Morgan fingerprint density at radius 2 is 1.79 bits per heavy atom. The maximum Gasteiger partial charge on any atom is 0.275 e. The molecule has 2 rings (SSSR count). The number of carbonyl (C=O) groups excluding carboxylic acids is 1. The highest BCUT2D eigenvalue weighted by atomic mass is 79.9. The summed E-state index contributed by atoms with van der Waals surface area (Å²) in [6.07, 6.45) is 1.51. The highest BCUT2D eigenvalue weighted by Crippen LogP contribution is 2.35. The summed E-state index contributed by atoms with van der Waals surface area (Å²) in [5, 5.41) is 3.97. The van der Waals surface area contributed by atoms with Gasteiger partial charge < -0.3 is 14.2 Å². The predicted octanol–water partition coefficient (Wildman–Crippen LogP) is 3.24. The van der Waals surface area contributed by atoms with Crippen LogP contribution in [0.3, 0.4) is 0 Å². The fourth-order valence-electron chi connectivity index (χ4n) is 2.07. The maximum absolute atomic E-state index is 12.1. The molecule has 0 aliphatic rings. The fraction of sp³-hybridized carbons (Fsp3) is 0.176. The molecule has 0 atom stereocenters. The molecule has 0 unspecified atom stereocenters. The van der Waals surface area contributed by atoms with Gasteiger partial charge >= 0.3 is 0 Å². The van der Waals surface area contributed by atoms with Crippen LogP contribution in [0.25, 0.3) is 0 Å². The first-order chi connectivity index (χ1) is 11.6. The molecule has 24 heavy (non-hydrogen) atoms. The molecule has 0 aliphatic heterocycles. The van der Waals surface area contributed by atoms with E-state index in [4.69, 9.17) is 14.2 Å². The lowest BCUT2D eigenvalue weighted by Crippen LogP contribution is -2.18. The third kappa shape index (κ3) is 4.05. The number of hydrogen-bond donors (Lipinski definition) is 1. The number of carbonyl (C=O) groups is 1. The average molecular weight is 393 g/mol. The third-order valence-electron chi connectivity index (χ3n) is 3.19. The first-order valence-electron chi connectivity index (χ1n) is 6.98. The smallest absolute Gasteiger partial charge is 0.275 e. The van der Waals surface area contributed by atoms with Gasteiger partial charge in [-0.1, -0.05) is 12.1 Å². The highest BCUT2D eigenvalue weighted by Gasteiger charge is 2.11. The van der Waals surface area contributed by atoms with Crippen LogP contribution in [0.5, 0.6) is 17.2 Å². The molecule has 1 amide bonds. The molecule has 0 aliphatic carbocycles. The molecule has 2 aromatic rings. The minimum atomic E-state index is -0.358. The van der Waals surface area contributed by atoms with Gasteiger partial charge in [-0.2, -0.15) is 5.10 Å². The number of nitrogens with zero attached hydrogens (tertiary/aromatic N) is 1. The Morgan fingerprint density at radius 3 is 2.46 bits per heavy atom. The van der Waals surface area contributed by atoms with Crippen LogP contribution in [0, 0.1) is 0 Å². The van der Waals surface area contributed by atoms with Crippen molar-refractivity contribution in [3.63, 3.8) is 0 Å². The molecule has 0 saturated carbocycles. The third-order valence-corrected chi connectivity index (χ3v) is 3.78. The van der Waals surface area contributed by atoms with Crippen molar-refractivity contribution in [2.75, 3.05) is 21.3 Å². The molecular formula is C17H17BrN2O4.